The van der Waals surface area contributed by atoms with E-state index in [1.807, 2.05) is 0 Å². The minimum atomic E-state index is 0.431. The summed E-state index contributed by atoms with van der Waals surface area (Å²) in [5, 5.41) is 0. The van der Waals surface area contributed by atoms with Crippen molar-refractivity contribution >= 4 is 15.9 Å². The minimum absolute atomic E-state index is 0.431. The molecule has 1 aromatic carbocycles. The molecule has 0 heterocycles. The molecule has 0 unspecified atom stereocenters. The van der Waals surface area contributed by atoms with Gasteiger partial charge >= 0.3 is 0 Å². The smallest absolute Gasteiger partial charge is 0.0175 e. The second-order valence-corrected chi connectivity index (χ2v) is 4.37. The van der Waals surface area contributed by atoms with Gasteiger partial charge in [0.1, 0.15) is 0 Å². The SMILES string of the molecule is C[CH]C1(c2ccc(Br)cc2)CC1. The van der Waals surface area contributed by atoms with Crippen LogP contribution in [0.4, 0.5) is 0 Å². The van der Waals surface area contributed by atoms with Gasteiger partial charge in [-0.15, -0.1) is 0 Å². The molecule has 1 heteroatoms. The number of halogens is 1. The maximum atomic E-state index is 3.44. The zero-order chi connectivity index (χ0) is 8.60. The largest absolute Gasteiger partial charge is 0.0614 e. The molecule has 0 saturated heterocycles. The summed E-state index contributed by atoms with van der Waals surface area (Å²) in [7, 11) is 0. The Morgan fingerprint density at radius 1 is 1.25 bits per heavy atom. The van der Waals surface area contributed by atoms with Crippen molar-refractivity contribution in [2.45, 2.75) is 25.2 Å². The van der Waals surface area contributed by atoms with Crippen LogP contribution in [0.2, 0.25) is 0 Å². The third kappa shape index (κ3) is 1.31. The molecular weight excluding hydrogens is 212 g/mol. The molecule has 1 aromatic rings. The van der Waals surface area contributed by atoms with Crippen LogP contribution in [0.5, 0.6) is 0 Å². The number of rotatable bonds is 2. The highest BCUT2D eigenvalue weighted by Gasteiger charge is 2.42. The summed E-state index contributed by atoms with van der Waals surface area (Å²) < 4.78 is 1.16. The van der Waals surface area contributed by atoms with E-state index in [9.17, 15) is 0 Å². The molecule has 0 N–H and O–H groups in total. The van der Waals surface area contributed by atoms with Gasteiger partial charge in [0, 0.05) is 4.47 Å². The Balaban J connectivity index is 2.29. The zero-order valence-corrected chi connectivity index (χ0v) is 8.76. The van der Waals surface area contributed by atoms with E-state index in [0.29, 0.717) is 5.41 Å². The fourth-order valence-electron chi connectivity index (χ4n) is 1.66. The van der Waals surface area contributed by atoms with Gasteiger partial charge in [-0.05, 0) is 42.4 Å². The molecule has 0 atom stereocenters. The van der Waals surface area contributed by atoms with Gasteiger partial charge in [-0.3, -0.25) is 0 Å². The van der Waals surface area contributed by atoms with Crippen LogP contribution in [0.15, 0.2) is 28.7 Å². The average molecular weight is 224 g/mol. The predicted octanol–water partition coefficient (Wildman–Crippen LogP) is 3.70. The summed E-state index contributed by atoms with van der Waals surface area (Å²) in [6.07, 6.45) is 4.98. The highest BCUT2D eigenvalue weighted by atomic mass is 79.9. The van der Waals surface area contributed by atoms with Crippen LogP contribution in [0.1, 0.15) is 25.3 Å². The van der Waals surface area contributed by atoms with Gasteiger partial charge in [0.05, 0.1) is 0 Å². The molecule has 2 rings (SSSR count). The Labute approximate surface area is 82.1 Å². The van der Waals surface area contributed by atoms with Gasteiger partial charge in [-0.1, -0.05) is 35.0 Å². The lowest BCUT2D eigenvalue weighted by Crippen LogP contribution is -2.04. The van der Waals surface area contributed by atoms with Crippen molar-refractivity contribution in [1.29, 1.82) is 0 Å². The fraction of sp³-hybridized carbons (Fsp3) is 0.364. The van der Waals surface area contributed by atoms with Crippen LogP contribution in [0, 0.1) is 6.42 Å². The Kier molecular flexibility index (Phi) is 1.99. The summed E-state index contributed by atoms with van der Waals surface area (Å²) in [6.45, 7) is 2.16. The third-order valence-corrected chi connectivity index (χ3v) is 3.29. The Hall–Kier alpha value is -0.300. The lowest BCUT2D eigenvalue weighted by atomic mass is 9.94. The molecule has 1 radical (unpaired) electrons. The fourth-order valence-corrected chi connectivity index (χ4v) is 1.92. The first-order chi connectivity index (χ1) is 5.77. The molecule has 0 bridgehead atoms. The van der Waals surface area contributed by atoms with Crippen molar-refractivity contribution in [2.75, 3.05) is 0 Å². The van der Waals surface area contributed by atoms with Crippen LogP contribution in [-0.4, -0.2) is 0 Å². The van der Waals surface area contributed by atoms with E-state index in [2.05, 4.69) is 53.5 Å². The first kappa shape index (κ1) is 8.31. The first-order valence-corrected chi connectivity index (χ1v) is 5.13. The Morgan fingerprint density at radius 2 is 1.83 bits per heavy atom. The van der Waals surface area contributed by atoms with E-state index in [0.717, 1.165) is 4.47 Å². The maximum absolute atomic E-state index is 3.44. The van der Waals surface area contributed by atoms with E-state index < -0.39 is 0 Å². The third-order valence-electron chi connectivity index (χ3n) is 2.76. The Bertz CT molecular complexity index is 270. The molecule has 0 aromatic heterocycles. The highest BCUT2D eigenvalue weighted by molar-refractivity contribution is 9.10. The molecule has 0 nitrogen and oxygen atoms in total. The number of benzene rings is 1. The normalized spacial score (nSPS) is 19.2. The molecule has 1 saturated carbocycles. The maximum Gasteiger partial charge on any atom is 0.0175 e. The molecule has 1 fully saturated rings. The second-order valence-electron chi connectivity index (χ2n) is 3.45. The molecule has 1 aliphatic rings. The predicted molar refractivity (Wildman–Crippen MR) is 55.0 cm³/mol. The van der Waals surface area contributed by atoms with Gasteiger partial charge < -0.3 is 0 Å². The number of hydrogen-bond acceptors (Lipinski definition) is 0. The van der Waals surface area contributed by atoms with E-state index in [1.54, 1.807) is 0 Å². The number of hydrogen-bond donors (Lipinski definition) is 0. The van der Waals surface area contributed by atoms with Crippen LogP contribution >= 0.6 is 15.9 Å². The second kappa shape index (κ2) is 2.88. The molecule has 0 amide bonds. The van der Waals surface area contributed by atoms with Crippen molar-refractivity contribution in [3.63, 3.8) is 0 Å². The first-order valence-electron chi connectivity index (χ1n) is 4.33. The van der Waals surface area contributed by atoms with Gasteiger partial charge in [0.2, 0.25) is 0 Å². The van der Waals surface area contributed by atoms with Gasteiger partial charge in [-0.2, -0.15) is 0 Å². The van der Waals surface area contributed by atoms with Crippen molar-refractivity contribution in [3.05, 3.63) is 40.7 Å². The molecular formula is C11H12Br. The van der Waals surface area contributed by atoms with Gasteiger partial charge in [-0.25, -0.2) is 0 Å². The van der Waals surface area contributed by atoms with Crippen LogP contribution in [0.3, 0.4) is 0 Å². The molecule has 0 spiro atoms. The van der Waals surface area contributed by atoms with Crippen LogP contribution in [0.25, 0.3) is 0 Å². The van der Waals surface area contributed by atoms with Gasteiger partial charge in [0.15, 0.2) is 0 Å². The quantitative estimate of drug-likeness (QED) is 0.718. The van der Waals surface area contributed by atoms with E-state index in [-0.39, 0.29) is 0 Å². The zero-order valence-electron chi connectivity index (χ0n) is 7.18. The van der Waals surface area contributed by atoms with Gasteiger partial charge in [0.25, 0.3) is 0 Å². The van der Waals surface area contributed by atoms with Crippen molar-refractivity contribution < 1.29 is 0 Å². The van der Waals surface area contributed by atoms with Crippen LogP contribution < -0.4 is 0 Å². The minimum Gasteiger partial charge on any atom is -0.0614 e. The molecule has 0 aliphatic heterocycles. The van der Waals surface area contributed by atoms with E-state index in [1.165, 1.54) is 18.4 Å². The summed E-state index contributed by atoms with van der Waals surface area (Å²) in [5.74, 6) is 0. The highest BCUT2D eigenvalue weighted by Crippen LogP contribution is 2.50. The lowest BCUT2D eigenvalue weighted by molar-refractivity contribution is 0.812. The topological polar surface area (TPSA) is 0 Å². The monoisotopic (exact) mass is 223 g/mol. The van der Waals surface area contributed by atoms with Crippen molar-refractivity contribution in [2.24, 2.45) is 0 Å². The molecule has 12 heavy (non-hydrogen) atoms. The summed E-state index contributed by atoms with van der Waals surface area (Å²) in [4.78, 5) is 0. The standard InChI is InChI=1S/C11H12Br/c1-2-11(7-8-11)9-3-5-10(12)6-4-9/h2-6H,7-8H2,1H3. The summed E-state index contributed by atoms with van der Waals surface area (Å²) in [6, 6.07) is 8.69. The van der Waals surface area contributed by atoms with Crippen molar-refractivity contribution in [3.8, 4) is 0 Å². The van der Waals surface area contributed by atoms with Crippen molar-refractivity contribution in [1.82, 2.24) is 0 Å². The molecule has 63 valence electrons. The summed E-state index contributed by atoms with van der Waals surface area (Å²) in [5.41, 5.74) is 1.90. The lowest BCUT2D eigenvalue weighted by Gasteiger charge is -2.11. The summed E-state index contributed by atoms with van der Waals surface area (Å²) >= 11 is 3.44. The Morgan fingerprint density at radius 3 is 2.25 bits per heavy atom. The molecule has 1 aliphatic carbocycles. The van der Waals surface area contributed by atoms with E-state index >= 15 is 0 Å². The van der Waals surface area contributed by atoms with Crippen LogP contribution in [-0.2, 0) is 5.41 Å². The van der Waals surface area contributed by atoms with E-state index in [4.69, 9.17) is 0 Å². The average Bonchev–Trinajstić information content (AvgIpc) is 2.86.